The van der Waals surface area contributed by atoms with E-state index in [1.807, 2.05) is 30.3 Å². The topological polar surface area (TPSA) is 117 Å². The average molecular weight is 384 g/mol. The number of H-pyrrole nitrogens is 1. The van der Waals surface area contributed by atoms with Crippen molar-refractivity contribution in [3.63, 3.8) is 0 Å². The average Bonchev–Trinajstić information content (AvgIpc) is 3.03. The maximum absolute atomic E-state index is 11.7. The van der Waals surface area contributed by atoms with E-state index in [-0.39, 0.29) is 12.6 Å². The van der Waals surface area contributed by atoms with Gasteiger partial charge in [0.15, 0.2) is 12.2 Å². The van der Waals surface area contributed by atoms with E-state index in [1.54, 1.807) is 25.0 Å². The molecular formula is C16H23FN5O3S+. The number of thioether (sulfide) groups is 1. The van der Waals surface area contributed by atoms with Crippen molar-refractivity contribution < 1.29 is 23.9 Å². The number of carbonyl (C=O) groups excluding carboxylic acids is 1. The summed E-state index contributed by atoms with van der Waals surface area (Å²) < 4.78 is 13.3. The Balaban J connectivity index is 0.000000260. The first kappa shape index (κ1) is 21.6. The van der Waals surface area contributed by atoms with Crippen molar-refractivity contribution in [1.29, 1.82) is 0 Å². The van der Waals surface area contributed by atoms with Crippen LogP contribution in [0.5, 0.6) is 0 Å². The minimum atomic E-state index is -0.731. The SMILES string of the molecule is CN=C(N)Nc1[nH]c[n+](C)c1C=O.OCC(CSc1ccccc1)OF. The van der Waals surface area contributed by atoms with E-state index in [2.05, 4.69) is 20.2 Å². The molecule has 0 radical (unpaired) electrons. The summed E-state index contributed by atoms with van der Waals surface area (Å²) in [4.78, 5) is 21.8. The Morgan fingerprint density at radius 1 is 1.54 bits per heavy atom. The zero-order valence-electron chi connectivity index (χ0n) is 14.6. The van der Waals surface area contributed by atoms with Gasteiger partial charge in [-0.05, 0) is 16.7 Å². The fourth-order valence-corrected chi connectivity index (χ4v) is 2.60. The first-order valence-electron chi connectivity index (χ1n) is 7.63. The van der Waals surface area contributed by atoms with E-state index >= 15 is 0 Å². The lowest BCUT2D eigenvalue weighted by Gasteiger charge is -2.07. The number of nitrogens with zero attached hydrogens (tertiary/aromatic N) is 2. The van der Waals surface area contributed by atoms with Crippen LogP contribution in [0.2, 0.25) is 0 Å². The van der Waals surface area contributed by atoms with Gasteiger partial charge in [-0.2, -0.15) is 4.94 Å². The molecule has 0 amide bonds. The summed E-state index contributed by atoms with van der Waals surface area (Å²) in [5.74, 6) is 1.21. The van der Waals surface area contributed by atoms with Gasteiger partial charge in [0, 0.05) is 17.7 Å². The number of imidazole rings is 1. The fourth-order valence-electron chi connectivity index (χ4n) is 1.72. The first-order chi connectivity index (χ1) is 12.5. The lowest BCUT2D eigenvalue weighted by atomic mass is 10.4. The van der Waals surface area contributed by atoms with Crippen molar-refractivity contribution in [3.05, 3.63) is 42.4 Å². The third-order valence-electron chi connectivity index (χ3n) is 3.15. The van der Waals surface area contributed by atoms with Crippen LogP contribution in [0.1, 0.15) is 10.5 Å². The predicted octanol–water partition coefficient (Wildman–Crippen LogP) is 1.05. The molecule has 1 aromatic carbocycles. The molecule has 2 aromatic rings. The van der Waals surface area contributed by atoms with Gasteiger partial charge >= 0.3 is 0 Å². The second-order valence-electron chi connectivity index (χ2n) is 5.01. The highest BCUT2D eigenvalue weighted by molar-refractivity contribution is 7.99. The Hall–Kier alpha value is -2.43. The number of aryl methyl sites for hydroxylation is 1. The number of rotatable bonds is 7. The number of aromatic amines is 1. The smallest absolute Gasteiger partial charge is 0.250 e. The number of aliphatic hydroxyl groups is 1. The highest BCUT2D eigenvalue weighted by Gasteiger charge is 2.14. The zero-order chi connectivity index (χ0) is 19.4. The van der Waals surface area contributed by atoms with Crippen LogP contribution in [-0.4, -0.2) is 47.8 Å². The number of carbonyl (C=O) groups is 1. The van der Waals surface area contributed by atoms with Gasteiger partial charge in [-0.25, -0.2) is 9.55 Å². The lowest BCUT2D eigenvalue weighted by molar-refractivity contribution is -0.671. The molecule has 1 heterocycles. The molecule has 1 atom stereocenters. The molecule has 2 rings (SSSR count). The molecule has 8 nitrogen and oxygen atoms in total. The van der Waals surface area contributed by atoms with Gasteiger partial charge in [0.25, 0.3) is 0 Å². The highest BCUT2D eigenvalue weighted by Crippen LogP contribution is 2.18. The van der Waals surface area contributed by atoms with Crippen LogP contribution in [0.3, 0.4) is 0 Å². The minimum Gasteiger partial charge on any atom is -0.394 e. The molecule has 0 aliphatic carbocycles. The summed E-state index contributed by atoms with van der Waals surface area (Å²) >= 11 is 1.45. The fraction of sp³-hybridized carbons (Fsp3) is 0.312. The van der Waals surface area contributed by atoms with E-state index in [4.69, 9.17) is 10.8 Å². The molecule has 0 spiro atoms. The van der Waals surface area contributed by atoms with Gasteiger partial charge in [0.2, 0.25) is 17.8 Å². The summed E-state index contributed by atoms with van der Waals surface area (Å²) in [5, 5.41) is 11.4. The number of aromatic nitrogens is 2. The number of hydrogen-bond acceptors (Lipinski definition) is 5. The summed E-state index contributed by atoms with van der Waals surface area (Å²) in [6.45, 7) is -0.295. The third-order valence-corrected chi connectivity index (χ3v) is 4.30. The predicted molar refractivity (Wildman–Crippen MR) is 98.8 cm³/mol. The number of benzene rings is 1. The molecular weight excluding hydrogens is 361 g/mol. The zero-order valence-corrected chi connectivity index (χ0v) is 15.4. The number of halogens is 1. The van der Waals surface area contributed by atoms with Crippen molar-refractivity contribution in [2.45, 2.75) is 11.0 Å². The van der Waals surface area contributed by atoms with Crippen LogP contribution in [0.15, 0.2) is 46.5 Å². The Bertz CT molecular complexity index is 692. The summed E-state index contributed by atoms with van der Waals surface area (Å²) in [5.41, 5.74) is 5.92. The second kappa shape index (κ2) is 12.0. The van der Waals surface area contributed by atoms with Crippen molar-refractivity contribution in [2.24, 2.45) is 17.8 Å². The molecule has 0 aliphatic rings. The Kier molecular flexibility index (Phi) is 9.98. The number of guanidine groups is 1. The molecule has 0 aliphatic heterocycles. The molecule has 0 saturated heterocycles. The highest BCUT2D eigenvalue weighted by atomic mass is 32.2. The second-order valence-corrected chi connectivity index (χ2v) is 6.11. The Morgan fingerprint density at radius 2 is 2.23 bits per heavy atom. The van der Waals surface area contributed by atoms with Gasteiger partial charge in [0.05, 0.1) is 13.7 Å². The number of nitrogens with one attached hydrogen (secondary N) is 2. The van der Waals surface area contributed by atoms with E-state index in [0.29, 0.717) is 17.3 Å². The van der Waals surface area contributed by atoms with E-state index < -0.39 is 6.10 Å². The molecule has 0 saturated carbocycles. The molecule has 5 N–H and O–H groups in total. The van der Waals surface area contributed by atoms with Crippen LogP contribution in [0, 0.1) is 0 Å². The molecule has 1 unspecified atom stereocenters. The normalized spacial score (nSPS) is 12.1. The monoisotopic (exact) mass is 384 g/mol. The quantitative estimate of drug-likeness (QED) is 0.186. The Morgan fingerprint density at radius 3 is 2.77 bits per heavy atom. The molecule has 0 fully saturated rings. The van der Waals surface area contributed by atoms with Gasteiger partial charge < -0.3 is 10.8 Å². The van der Waals surface area contributed by atoms with Crippen LogP contribution >= 0.6 is 11.8 Å². The number of aldehydes is 1. The lowest BCUT2D eigenvalue weighted by Crippen LogP contribution is -2.31. The summed E-state index contributed by atoms with van der Waals surface area (Å²) in [6.07, 6.45) is 1.65. The van der Waals surface area contributed by atoms with Crippen LogP contribution in [0.4, 0.5) is 10.3 Å². The molecule has 142 valence electrons. The van der Waals surface area contributed by atoms with Gasteiger partial charge in [-0.3, -0.25) is 15.1 Å². The summed E-state index contributed by atoms with van der Waals surface area (Å²) in [6, 6.07) is 9.59. The van der Waals surface area contributed by atoms with Crippen molar-refractivity contribution in [1.82, 2.24) is 4.98 Å². The van der Waals surface area contributed by atoms with E-state index in [0.717, 1.165) is 11.2 Å². The van der Waals surface area contributed by atoms with Gasteiger partial charge in [-0.15, -0.1) is 11.8 Å². The van der Waals surface area contributed by atoms with E-state index in [1.165, 1.54) is 11.8 Å². The van der Waals surface area contributed by atoms with Gasteiger partial charge in [-0.1, -0.05) is 18.2 Å². The number of anilines is 1. The number of nitrogens with two attached hydrogens (primary N) is 1. The van der Waals surface area contributed by atoms with Crippen molar-refractivity contribution >= 4 is 29.8 Å². The van der Waals surface area contributed by atoms with Crippen LogP contribution in [-0.2, 0) is 12.0 Å². The Labute approximate surface area is 155 Å². The number of aliphatic hydroxyl groups excluding tert-OH is 1. The van der Waals surface area contributed by atoms with Crippen LogP contribution < -0.4 is 15.6 Å². The van der Waals surface area contributed by atoms with E-state index in [9.17, 15) is 9.32 Å². The number of hydrogen-bond donors (Lipinski definition) is 4. The minimum absolute atomic E-state index is 0.255. The van der Waals surface area contributed by atoms with Gasteiger partial charge in [0.1, 0.15) is 6.10 Å². The molecule has 10 heteroatoms. The van der Waals surface area contributed by atoms with Crippen molar-refractivity contribution in [2.75, 3.05) is 24.7 Å². The van der Waals surface area contributed by atoms with Crippen LogP contribution in [0.25, 0.3) is 0 Å². The number of aliphatic imine (C=N–C) groups is 1. The summed E-state index contributed by atoms with van der Waals surface area (Å²) in [7, 11) is 3.32. The maximum Gasteiger partial charge on any atom is 0.250 e. The molecule has 1 aromatic heterocycles. The van der Waals surface area contributed by atoms with Crippen molar-refractivity contribution in [3.8, 4) is 0 Å². The largest absolute Gasteiger partial charge is 0.394 e. The first-order valence-corrected chi connectivity index (χ1v) is 8.61. The maximum atomic E-state index is 11.7. The molecule has 0 bridgehead atoms. The molecule has 26 heavy (non-hydrogen) atoms. The third kappa shape index (κ3) is 7.21. The standard InChI is InChI=1S/C9H11FO2S.C7H11N5O/c10-12-8(6-11)7-13-9-4-2-1-3-5-9;1-9-7(8)11-6-5(3-13)12(2)4-10-6/h1-5,8,11H,6-7H2;3-4H,1-2H3,(H3,8,9,11,13)/p+1.